The van der Waals surface area contributed by atoms with E-state index in [-0.39, 0.29) is 17.6 Å². The summed E-state index contributed by atoms with van der Waals surface area (Å²) >= 11 is 0. The second-order valence-corrected chi connectivity index (χ2v) is 7.81. The number of hydrogen-bond acceptors (Lipinski definition) is 4. The minimum Gasteiger partial charge on any atom is -0.349 e. The second kappa shape index (κ2) is 8.10. The molecule has 1 aliphatic carbocycles. The lowest BCUT2D eigenvalue weighted by atomic mass is 9.88. The summed E-state index contributed by atoms with van der Waals surface area (Å²) in [4.78, 5) is 23.4. The third-order valence-electron chi connectivity index (χ3n) is 5.76. The first-order chi connectivity index (χ1) is 14.4. The summed E-state index contributed by atoms with van der Waals surface area (Å²) < 4.78 is 1.63. The summed E-state index contributed by atoms with van der Waals surface area (Å²) in [6, 6.07) is 15.9. The Labute approximate surface area is 174 Å². The molecule has 0 spiro atoms. The van der Waals surface area contributed by atoms with Crippen LogP contribution in [0.5, 0.6) is 0 Å². The van der Waals surface area contributed by atoms with Crippen molar-refractivity contribution in [3.8, 4) is 0 Å². The Bertz CT molecular complexity index is 1100. The number of hydrogen-bond donors (Lipinski definition) is 1. The maximum Gasteiger partial charge on any atom is 0.312 e. The summed E-state index contributed by atoms with van der Waals surface area (Å²) in [7, 11) is 0. The first kappa shape index (κ1) is 19.8. The number of nitrogens with one attached hydrogen (secondary N) is 1. The Morgan fingerprint density at radius 2 is 1.87 bits per heavy atom. The van der Waals surface area contributed by atoms with Gasteiger partial charge in [-0.15, -0.1) is 0 Å². The van der Waals surface area contributed by atoms with E-state index in [9.17, 15) is 14.9 Å². The summed E-state index contributed by atoms with van der Waals surface area (Å²) in [5, 5.41) is 18.6. The number of rotatable bonds is 5. The number of nitro groups is 1. The van der Waals surface area contributed by atoms with Crippen LogP contribution in [-0.4, -0.2) is 26.7 Å². The molecule has 30 heavy (non-hydrogen) atoms. The van der Waals surface area contributed by atoms with E-state index in [4.69, 9.17) is 0 Å². The highest BCUT2D eigenvalue weighted by Crippen LogP contribution is 2.23. The Hall–Kier alpha value is -3.48. The minimum absolute atomic E-state index is 0.0556. The van der Waals surface area contributed by atoms with Crippen LogP contribution in [0.25, 0.3) is 0 Å². The molecular formula is C23H24N4O3. The van der Waals surface area contributed by atoms with Crippen LogP contribution in [0.15, 0.2) is 48.5 Å². The molecule has 0 saturated heterocycles. The molecule has 1 aromatic heterocycles. The van der Waals surface area contributed by atoms with Crippen molar-refractivity contribution in [3.63, 3.8) is 0 Å². The zero-order valence-electron chi connectivity index (χ0n) is 17.1. The van der Waals surface area contributed by atoms with E-state index in [0.29, 0.717) is 23.5 Å². The Balaban J connectivity index is 1.41. The molecule has 2 aromatic carbocycles. The predicted molar refractivity (Wildman–Crippen MR) is 114 cm³/mol. The first-order valence-corrected chi connectivity index (χ1v) is 10.1. The van der Waals surface area contributed by atoms with E-state index in [1.165, 1.54) is 11.1 Å². The number of amides is 1. The van der Waals surface area contributed by atoms with E-state index in [1.54, 1.807) is 30.7 Å². The molecule has 4 rings (SSSR count). The van der Waals surface area contributed by atoms with Crippen LogP contribution in [0.3, 0.4) is 0 Å². The molecular weight excluding hydrogens is 380 g/mol. The monoisotopic (exact) mass is 404 g/mol. The fraction of sp³-hybridized carbons (Fsp3) is 0.304. The van der Waals surface area contributed by atoms with Gasteiger partial charge in [0.05, 0.1) is 11.5 Å². The van der Waals surface area contributed by atoms with E-state index in [0.717, 1.165) is 24.8 Å². The zero-order chi connectivity index (χ0) is 21.3. The van der Waals surface area contributed by atoms with Crippen molar-refractivity contribution in [2.75, 3.05) is 0 Å². The van der Waals surface area contributed by atoms with E-state index in [2.05, 4.69) is 28.6 Å². The number of carbonyl (C=O) groups is 1. The van der Waals surface area contributed by atoms with Gasteiger partial charge in [-0.3, -0.25) is 19.6 Å². The molecule has 7 nitrogen and oxygen atoms in total. The van der Waals surface area contributed by atoms with Gasteiger partial charge in [0.25, 0.3) is 5.91 Å². The SMILES string of the molecule is Cc1nn(Cc2ccc(C(=O)NC3CCc4ccccc4C3)cc2)c(C)c1[N+](=O)[O-]. The van der Waals surface area contributed by atoms with Gasteiger partial charge in [-0.1, -0.05) is 36.4 Å². The van der Waals surface area contributed by atoms with Crippen molar-refractivity contribution in [3.05, 3.63) is 92.3 Å². The largest absolute Gasteiger partial charge is 0.349 e. The lowest BCUT2D eigenvalue weighted by Gasteiger charge is -2.25. The third-order valence-corrected chi connectivity index (χ3v) is 5.76. The number of aromatic nitrogens is 2. The number of aryl methyl sites for hydroxylation is 2. The van der Waals surface area contributed by atoms with Gasteiger partial charge in [-0.05, 0) is 61.9 Å². The lowest BCUT2D eigenvalue weighted by molar-refractivity contribution is -0.386. The van der Waals surface area contributed by atoms with Crippen LogP contribution >= 0.6 is 0 Å². The van der Waals surface area contributed by atoms with Crippen LogP contribution in [0.2, 0.25) is 0 Å². The van der Waals surface area contributed by atoms with Crippen molar-refractivity contribution in [1.29, 1.82) is 0 Å². The van der Waals surface area contributed by atoms with Crippen molar-refractivity contribution >= 4 is 11.6 Å². The first-order valence-electron chi connectivity index (χ1n) is 10.1. The Kier molecular flexibility index (Phi) is 5.35. The van der Waals surface area contributed by atoms with Gasteiger partial charge in [0.15, 0.2) is 0 Å². The van der Waals surface area contributed by atoms with Gasteiger partial charge in [0.2, 0.25) is 0 Å². The molecule has 0 radical (unpaired) electrons. The molecule has 1 heterocycles. The van der Waals surface area contributed by atoms with Gasteiger partial charge in [-0.2, -0.15) is 5.10 Å². The van der Waals surface area contributed by atoms with Gasteiger partial charge in [0, 0.05) is 11.6 Å². The van der Waals surface area contributed by atoms with E-state index in [1.807, 2.05) is 18.2 Å². The van der Waals surface area contributed by atoms with Gasteiger partial charge < -0.3 is 5.32 Å². The molecule has 0 aliphatic heterocycles. The van der Waals surface area contributed by atoms with Crippen LogP contribution in [-0.2, 0) is 19.4 Å². The van der Waals surface area contributed by atoms with Gasteiger partial charge >= 0.3 is 5.69 Å². The van der Waals surface area contributed by atoms with Crippen molar-refractivity contribution in [1.82, 2.24) is 15.1 Å². The molecule has 3 aromatic rings. The average molecular weight is 404 g/mol. The standard InChI is InChI=1S/C23H24N4O3/c1-15-22(27(29)30)16(2)26(25-15)14-17-7-9-19(10-8-17)23(28)24-21-12-11-18-5-3-4-6-20(18)13-21/h3-10,21H,11-14H2,1-2H3,(H,24,28). The highest BCUT2D eigenvalue weighted by molar-refractivity contribution is 5.94. The number of nitrogens with zero attached hydrogens (tertiary/aromatic N) is 3. The molecule has 0 saturated carbocycles. The second-order valence-electron chi connectivity index (χ2n) is 7.81. The number of benzene rings is 2. The fourth-order valence-corrected chi connectivity index (χ4v) is 4.13. The fourth-order valence-electron chi connectivity index (χ4n) is 4.13. The van der Waals surface area contributed by atoms with Crippen LogP contribution in [0.4, 0.5) is 5.69 Å². The van der Waals surface area contributed by atoms with E-state index < -0.39 is 4.92 Å². The minimum atomic E-state index is -0.398. The Morgan fingerprint density at radius 1 is 1.17 bits per heavy atom. The third kappa shape index (κ3) is 3.96. The summed E-state index contributed by atoms with van der Waals surface area (Å²) in [6.07, 6.45) is 2.78. The van der Waals surface area contributed by atoms with Gasteiger partial charge in [0.1, 0.15) is 11.4 Å². The summed E-state index contributed by atoms with van der Waals surface area (Å²) in [5.41, 5.74) is 5.20. The summed E-state index contributed by atoms with van der Waals surface area (Å²) in [6.45, 7) is 3.75. The number of carbonyl (C=O) groups excluding carboxylic acids is 1. The van der Waals surface area contributed by atoms with Crippen LogP contribution in [0, 0.1) is 24.0 Å². The normalized spacial score (nSPS) is 15.5. The zero-order valence-corrected chi connectivity index (χ0v) is 17.1. The topological polar surface area (TPSA) is 90.1 Å². The van der Waals surface area contributed by atoms with Crippen molar-refractivity contribution < 1.29 is 9.72 Å². The molecule has 0 fully saturated rings. The molecule has 1 N–H and O–H groups in total. The molecule has 0 bridgehead atoms. The average Bonchev–Trinajstić information content (AvgIpc) is 3.01. The summed E-state index contributed by atoms with van der Waals surface area (Å²) in [5.74, 6) is -0.0762. The lowest BCUT2D eigenvalue weighted by Crippen LogP contribution is -2.38. The van der Waals surface area contributed by atoms with Crippen molar-refractivity contribution in [2.45, 2.75) is 45.7 Å². The quantitative estimate of drug-likeness (QED) is 0.518. The van der Waals surface area contributed by atoms with E-state index >= 15 is 0 Å². The molecule has 1 unspecified atom stereocenters. The molecule has 1 amide bonds. The van der Waals surface area contributed by atoms with Crippen LogP contribution < -0.4 is 5.32 Å². The molecule has 7 heteroatoms. The van der Waals surface area contributed by atoms with Crippen molar-refractivity contribution in [2.24, 2.45) is 0 Å². The smallest absolute Gasteiger partial charge is 0.312 e. The molecule has 1 aliphatic rings. The molecule has 154 valence electrons. The Morgan fingerprint density at radius 3 is 2.53 bits per heavy atom. The maximum atomic E-state index is 12.7. The maximum absolute atomic E-state index is 12.7. The number of fused-ring (bicyclic) bond motifs is 1. The molecule has 1 atom stereocenters. The van der Waals surface area contributed by atoms with Crippen LogP contribution in [0.1, 0.15) is 44.9 Å². The van der Waals surface area contributed by atoms with Gasteiger partial charge in [-0.25, -0.2) is 0 Å². The highest BCUT2D eigenvalue weighted by Gasteiger charge is 2.22. The highest BCUT2D eigenvalue weighted by atomic mass is 16.6. The predicted octanol–water partition coefficient (Wildman–Crippen LogP) is 3.74.